The van der Waals surface area contributed by atoms with Gasteiger partial charge in [-0.25, -0.2) is 0 Å². The molecule has 4 nitrogen and oxygen atoms in total. The van der Waals surface area contributed by atoms with Crippen molar-refractivity contribution in [2.45, 2.75) is 19.1 Å². The summed E-state index contributed by atoms with van der Waals surface area (Å²) in [5.41, 5.74) is 5.69. The highest BCUT2D eigenvalue weighted by Gasteiger charge is 2.23. The van der Waals surface area contributed by atoms with Crippen LogP contribution in [0.1, 0.15) is 6.92 Å². The predicted octanol–water partition coefficient (Wildman–Crippen LogP) is 0.448. The van der Waals surface area contributed by atoms with Gasteiger partial charge < -0.3 is 15.9 Å². The van der Waals surface area contributed by atoms with Gasteiger partial charge in [0.15, 0.2) is 0 Å². The molecule has 78 valence electrons. The van der Waals surface area contributed by atoms with Crippen LogP contribution in [0.3, 0.4) is 0 Å². The first-order chi connectivity index (χ1) is 6.54. The lowest BCUT2D eigenvalue weighted by Gasteiger charge is -2.15. The van der Waals surface area contributed by atoms with Crippen molar-refractivity contribution in [2.75, 3.05) is 0 Å². The second-order valence-corrected chi connectivity index (χ2v) is 2.71. The highest BCUT2D eigenvalue weighted by atomic mass is 16.4. The minimum Gasteiger partial charge on any atom is -0.480 e. The normalized spacial score (nSPS) is 16.6. The van der Waals surface area contributed by atoms with Gasteiger partial charge in [-0.15, -0.1) is 0 Å². The van der Waals surface area contributed by atoms with E-state index in [2.05, 4.69) is 6.58 Å². The van der Waals surface area contributed by atoms with Crippen molar-refractivity contribution in [3.63, 3.8) is 0 Å². The standard InChI is InChI=1S/C10H15NO3/c1-3-5-7(6-4-2)9(12)8(11)10(13)14/h3-6,8-9,12H,1,11H2,2H3,(H,13,14)/b6-4-,7-5+/t8-,9+/m0/s1. The molecular weight excluding hydrogens is 182 g/mol. The average molecular weight is 197 g/mol. The van der Waals surface area contributed by atoms with Gasteiger partial charge in [0, 0.05) is 0 Å². The van der Waals surface area contributed by atoms with Crippen LogP contribution in [-0.2, 0) is 4.79 Å². The van der Waals surface area contributed by atoms with E-state index >= 15 is 0 Å². The molecule has 2 atom stereocenters. The average Bonchev–Trinajstić information content (AvgIpc) is 2.15. The highest BCUT2D eigenvalue weighted by Crippen LogP contribution is 2.08. The van der Waals surface area contributed by atoms with Crippen molar-refractivity contribution in [2.24, 2.45) is 5.73 Å². The van der Waals surface area contributed by atoms with E-state index in [4.69, 9.17) is 10.8 Å². The molecule has 0 aromatic heterocycles. The van der Waals surface area contributed by atoms with Crippen LogP contribution < -0.4 is 5.73 Å². The lowest BCUT2D eigenvalue weighted by Crippen LogP contribution is -2.42. The van der Waals surface area contributed by atoms with Crippen LogP contribution in [0.4, 0.5) is 0 Å². The second kappa shape index (κ2) is 6.12. The maximum atomic E-state index is 10.5. The number of allylic oxidation sites excluding steroid dienone is 3. The zero-order chi connectivity index (χ0) is 11.1. The van der Waals surface area contributed by atoms with Crippen LogP contribution in [0.2, 0.25) is 0 Å². The molecule has 0 heterocycles. The molecule has 0 radical (unpaired) electrons. The largest absolute Gasteiger partial charge is 0.480 e. The smallest absolute Gasteiger partial charge is 0.323 e. The molecule has 0 saturated carbocycles. The third-order valence-corrected chi connectivity index (χ3v) is 1.64. The fourth-order valence-electron chi connectivity index (χ4n) is 0.924. The summed E-state index contributed by atoms with van der Waals surface area (Å²) in [6, 6.07) is -1.32. The van der Waals surface area contributed by atoms with Crippen LogP contribution >= 0.6 is 0 Å². The van der Waals surface area contributed by atoms with Crippen LogP contribution in [0.5, 0.6) is 0 Å². The molecule has 0 saturated heterocycles. The summed E-state index contributed by atoms with van der Waals surface area (Å²) >= 11 is 0. The SMILES string of the molecule is C=C/C=C(\C=C/C)[C@@H](O)[C@H](N)C(=O)O. The Kier molecular flexibility index (Phi) is 5.52. The van der Waals surface area contributed by atoms with E-state index in [0.717, 1.165) is 0 Å². The van der Waals surface area contributed by atoms with Gasteiger partial charge in [-0.1, -0.05) is 30.9 Å². The van der Waals surface area contributed by atoms with E-state index in [1.54, 1.807) is 19.1 Å². The van der Waals surface area contributed by atoms with Crippen LogP contribution in [0.15, 0.2) is 36.5 Å². The zero-order valence-corrected chi connectivity index (χ0v) is 8.05. The number of hydrogen-bond donors (Lipinski definition) is 3. The summed E-state index contributed by atoms with van der Waals surface area (Å²) in [6.45, 7) is 5.22. The number of aliphatic carboxylic acids is 1. The highest BCUT2D eigenvalue weighted by molar-refractivity contribution is 5.74. The molecule has 0 aliphatic carbocycles. The van der Waals surface area contributed by atoms with E-state index in [1.165, 1.54) is 12.2 Å². The zero-order valence-electron chi connectivity index (χ0n) is 8.05. The number of hydrogen-bond acceptors (Lipinski definition) is 3. The molecule has 0 fully saturated rings. The number of rotatable bonds is 5. The lowest BCUT2D eigenvalue weighted by molar-refractivity contribution is -0.140. The Bertz CT molecular complexity index is 269. The van der Waals surface area contributed by atoms with Gasteiger partial charge in [-0.05, 0) is 12.5 Å². The van der Waals surface area contributed by atoms with Crippen molar-refractivity contribution in [1.29, 1.82) is 0 Å². The first kappa shape index (κ1) is 12.6. The maximum absolute atomic E-state index is 10.5. The number of nitrogens with two attached hydrogens (primary N) is 1. The molecule has 4 heteroatoms. The lowest BCUT2D eigenvalue weighted by atomic mass is 10.0. The van der Waals surface area contributed by atoms with Gasteiger partial charge in [0.1, 0.15) is 12.1 Å². The molecule has 0 rings (SSSR count). The van der Waals surface area contributed by atoms with Crippen molar-refractivity contribution in [3.05, 3.63) is 36.5 Å². The molecule has 14 heavy (non-hydrogen) atoms. The molecule has 0 aliphatic heterocycles. The van der Waals surface area contributed by atoms with E-state index in [1.807, 2.05) is 0 Å². The van der Waals surface area contributed by atoms with Gasteiger partial charge in [0.25, 0.3) is 0 Å². The van der Waals surface area contributed by atoms with Gasteiger partial charge in [-0.3, -0.25) is 4.79 Å². The fraction of sp³-hybridized carbons (Fsp3) is 0.300. The monoisotopic (exact) mass is 197 g/mol. The van der Waals surface area contributed by atoms with Gasteiger partial charge in [0.2, 0.25) is 0 Å². The molecule has 0 unspecified atom stereocenters. The number of carboxylic acid groups (broad SMARTS) is 1. The number of aliphatic hydroxyl groups is 1. The minimum absolute atomic E-state index is 0.428. The fourth-order valence-corrected chi connectivity index (χ4v) is 0.924. The summed E-state index contributed by atoms with van der Waals surface area (Å²) in [5, 5.41) is 18.1. The molecule has 0 spiro atoms. The summed E-state index contributed by atoms with van der Waals surface area (Å²) in [4.78, 5) is 10.5. The third-order valence-electron chi connectivity index (χ3n) is 1.64. The maximum Gasteiger partial charge on any atom is 0.323 e. The Balaban J connectivity index is 4.76. The summed E-state index contributed by atoms with van der Waals surface area (Å²) in [6.07, 6.45) is 5.05. The summed E-state index contributed by atoms with van der Waals surface area (Å²) in [7, 11) is 0. The van der Waals surface area contributed by atoms with Gasteiger partial charge in [0.05, 0.1) is 0 Å². The quantitative estimate of drug-likeness (QED) is 0.559. The minimum atomic E-state index is -1.32. The Morgan fingerprint density at radius 2 is 2.14 bits per heavy atom. The molecule has 0 aromatic carbocycles. The van der Waals surface area contributed by atoms with Crippen LogP contribution in [-0.4, -0.2) is 28.3 Å². The van der Waals surface area contributed by atoms with E-state index in [0.29, 0.717) is 5.57 Å². The summed E-state index contributed by atoms with van der Waals surface area (Å²) < 4.78 is 0. The molecule has 4 N–H and O–H groups in total. The first-order valence-corrected chi connectivity index (χ1v) is 4.16. The van der Waals surface area contributed by atoms with Crippen molar-refractivity contribution < 1.29 is 15.0 Å². The molecule has 0 bridgehead atoms. The number of carboxylic acids is 1. The second-order valence-electron chi connectivity index (χ2n) is 2.71. The van der Waals surface area contributed by atoms with Crippen molar-refractivity contribution in [1.82, 2.24) is 0 Å². The van der Waals surface area contributed by atoms with Crippen molar-refractivity contribution in [3.8, 4) is 0 Å². The van der Waals surface area contributed by atoms with Crippen LogP contribution in [0.25, 0.3) is 0 Å². The Morgan fingerprint density at radius 1 is 1.57 bits per heavy atom. The van der Waals surface area contributed by atoms with E-state index in [-0.39, 0.29) is 0 Å². The topological polar surface area (TPSA) is 83.5 Å². The molecule has 0 aliphatic rings. The Morgan fingerprint density at radius 3 is 2.50 bits per heavy atom. The number of aliphatic hydroxyl groups excluding tert-OH is 1. The third kappa shape index (κ3) is 3.55. The van der Waals surface area contributed by atoms with Gasteiger partial charge in [-0.2, -0.15) is 0 Å². The number of carbonyl (C=O) groups is 1. The van der Waals surface area contributed by atoms with Crippen LogP contribution in [0, 0.1) is 0 Å². The molecule has 0 aromatic rings. The first-order valence-electron chi connectivity index (χ1n) is 4.16. The molecule has 0 amide bonds. The van der Waals surface area contributed by atoms with E-state index < -0.39 is 18.1 Å². The predicted molar refractivity (Wildman–Crippen MR) is 54.7 cm³/mol. The Labute approximate surface area is 83.0 Å². The summed E-state index contributed by atoms with van der Waals surface area (Å²) in [5.74, 6) is -1.24. The van der Waals surface area contributed by atoms with E-state index in [9.17, 15) is 9.90 Å². The Hall–Kier alpha value is -1.39. The molecular formula is C10H15NO3. The van der Waals surface area contributed by atoms with Gasteiger partial charge >= 0.3 is 5.97 Å². The van der Waals surface area contributed by atoms with Crippen molar-refractivity contribution >= 4 is 5.97 Å².